The maximum atomic E-state index is 6.77. The molecule has 1 aliphatic carbocycles. The summed E-state index contributed by atoms with van der Waals surface area (Å²) in [6, 6.07) is 4.57. The van der Waals surface area contributed by atoms with E-state index in [1.165, 1.54) is 27.8 Å². The van der Waals surface area contributed by atoms with E-state index in [-0.39, 0.29) is 21.7 Å². The second kappa shape index (κ2) is 8.46. The Morgan fingerprint density at radius 1 is 0.727 bits per heavy atom. The van der Waals surface area contributed by atoms with Crippen LogP contribution in [0.5, 0.6) is 5.75 Å². The van der Waals surface area contributed by atoms with Crippen LogP contribution >= 0.6 is 19.0 Å². The van der Waals surface area contributed by atoms with Gasteiger partial charge >= 0.3 is 7.73 Å². The van der Waals surface area contributed by atoms with Gasteiger partial charge in [0.2, 0.25) is 0 Å². The number of halogens is 1. The second-order valence-electron chi connectivity index (χ2n) is 13.6. The van der Waals surface area contributed by atoms with E-state index in [1.807, 2.05) is 0 Å². The standard InChI is InChI=1S/C29H42ClO2P/c1-26(2,3)20-14-18-13-19-15-21(27(4,5)6)17-23(29(10,11)12)25(19)32-33(30)31-24(18)22(16-20)28(7,8)9/h13-14,16-17H,15H2,1-12H3/b19-13-. The Labute approximate surface area is 208 Å². The highest BCUT2D eigenvalue weighted by Gasteiger charge is 2.35. The van der Waals surface area contributed by atoms with E-state index in [1.54, 1.807) is 0 Å². The van der Waals surface area contributed by atoms with Crippen molar-refractivity contribution in [1.82, 2.24) is 0 Å². The van der Waals surface area contributed by atoms with Crippen molar-refractivity contribution in [1.29, 1.82) is 0 Å². The summed E-state index contributed by atoms with van der Waals surface area (Å²) < 4.78 is 12.8. The molecular formula is C29H42ClO2P. The third-order valence-corrected chi connectivity index (χ3v) is 7.52. The van der Waals surface area contributed by atoms with Crippen LogP contribution in [-0.4, -0.2) is 0 Å². The molecule has 0 amide bonds. The van der Waals surface area contributed by atoms with Crippen molar-refractivity contribution in [3.63, 3.8) is 0 Å². The van der Waals surface area contributed by atoms with E-state index in [2.05, 4.69) is 107 Å². The van der Waals surface area contributed by atoms with E-state index in [4.69, 9.17) is 20.3 Å². The minimum Gasteiger partial charge on any atom is -0.427 e. The molecule has 3 rings (SSSR count). The molecule has 1 aromatic carbocycles. The Kier molecular flexibility index (Phi) is 6.76. The first-order chi connectivity index (χ1) is 14.8. The molecule has 1 aliphatic heterocycles. The van der Waals surface area contributed by atoms with E-state index in [0.717, 1.165) is 23.5 Å². The molecule has 0 radical (unpaired) electrons. The Balaban J connectivity index is 2.38. The molecule has 33 heavy (non-hydrogen) atoms. The first-order valence-electron chi connectivity index (χ1n) is 12.0. The third kappa shape index (κ3) is 5.71. The molecule has 0 saturated heterocycles. The van der Waals surface area contributed by atoms with Gasteiger partial charge in [0.25, 0.3) is 0 Å². The van der Waals surface area contributed by atoms with Gasteiger partial charge in [0.15, 0.2) is 0 Å². The lowest BCUT2D eigenvalue weighted by atomic mass is 9.73. The summed E-state index contributed by atoms with van der Waals surface area (Å²) in [6.45, 7) is 27.0. The van der Waals surface area contributed by atoms with Crippen LogP contribution < -0.4 is 4.52 Å². The zero-order valence-electron chi connectivity index (χ0n) is 22.7. The van der Waals surface area contributed by atoms with Crippen LogP contribution in [0.2, 0.25) is 0 Å². The van der Waals surface area contributed by atoms with Gasteiger partial charge in [-0.1, -0.05) is 101 Å². The number of hydrogen-bond acceptors (Lipinski definition) is 2. The van der Waals surface area contributed by atoms with Gasteiger partial charge in [-0.3, -0.25) is 0 Å². The zero-order chi connectivity index (χ0) is 25.1. The molecule has 1 unspecified atom stereocenters. The Morgan fingerprint density at radius 2 is 1.33 bits per heavy atom. The molecule has 2 aliphatic rings. The molecule has 4 heteroatoms. The Bertz CT molecular complexity index is 1030. The summed E-state index contributed by atoms with van der Waals surface area (Å²) in [4.78, 5) is 0. The summed E-state index contributed by atoms with van der Waals surface area (Å²) in [5, 5.41) is 0. The van der Waals surface area contributed by atoms with Crippen molar-refractivity contribution >= 4 is 25.0 Å². The topological polar surface area (TPSA) is 18.5 Å². The molecule has 0 fully saturated rings. The minimum atomic E-state index is -1.64. The summed E-state index contributed by atoms with van der Waals surface area (Å²) in [6.07, 6.45) is 5.47. The van der Waals surface area contributed by atoms with Gasteiger partial charge in [0.05, 0.1) is 0 Å². The normalized spacial score (nSPS) is 21.5. The zero-order valence-corrected chi connectivity index (χ0v) is 24.3. The number of fused-ring (bicyclic) bond motifs is 2. The Morgan fingerprint density at radius 3 is 1.82 bits per heavy atom. The molecule has 0 N–H and O–H groups in total. The van der Waals surface area contributed by atoms with Crippen molar-refractivity contribution in [2.24, 2.45) is 10.8 Å². The van der Waals surface area contributed by atoms with Crippen molar-refractivity contribution in [3.05, 3.63) is 57.4 Å². The molecule has 1 heterocycles. The van der Waals surface area contributed by atoms with Crippen LogP contribution in [0.4, 0.5) is 0 Å². The van der Waals surface area contributed by atoms with Gasteiger partial charge in [-0.2, -0.15) is 0 Å². The first kappa shape index (κ1) is 26.4. The minimum absolute atomic E-state index is 0.0242. The third-order valence-electron chi connectivity index (χ3n) is 6.45. The Hall–Kier alpha value is -1.24. The fourth-order valence-corrected chi connectivity index (χ4v) is 5.37. The average molecular weight is 489 g/mol. The van der Waals surface area contributed by atoms with Gasteiger partial charge in [-0.05, 0) is 62.6 Å². The van der Waals surface area contributed by atoms with Crippen molar-refractivity contribution in [2.75, 3.05) is 0 Å². The van der Waals surface area contributed by atoms with Gasteiger partial charge in [-0.25, -0.2) is 0 Å². The quantitative estimate of drug-likeness (QED) is 0.338. The number of benzene rings is 1. The molecule has 2 nitrogen and oxygen atoms in total. The van der Waals surface area contributed by atoms with E-state index in [9.17, 15) is 0 Å². The monoisotopic (exact) mass is 488 g/mol. The van der Waals surface area contributed by atoms with Crippen LogP contribution in [0.1, 0.15) is 106 Å². The average Bonchev–Trinajstić information content (AvgIpc) is 2.58. The fourth-order valence-electron chi connectivity index (χ4n) is 4.21. The lowest BCUT2D eigenvalue weighted by molar-refractivity contribution is 0.384. The summed E-state index contributed by atoms with van der Waals surface area (Å²) >= 11 is 6.77. The van der Waals surface area contributed by atoms with Crippen molar-refractivity contribution in [3.8, 4) is 5.75 Å². The maximum Gasteiger partial charge on any atom is 0.401 e. The molecule has 0 spiro atoms. The summed E-state index contributed by atoms with van der Waals surface area (Å²) in [5.41, 5.74) is 7.29. The predicted octanol–water partition coefficient (Wildman–Crippen LogP) is 10.2. The largest absolute Gasteiger partial charge is 0.427 e. The van der Waals surface area contributed by atoms with Crippen LogP contribution in [0, 0.1) is 10.8 Å². The lowest BCUT2D eigenvalue weighted by Gasteiger charge is -2.36. The van der Waals surface area contributed by atoms with Crippen LogP contribution in [0.3, 0.4) is 0 Å². The smallest absolute Gasteiger partial charge is 0.401 e. The van der Waals surface area contributed by atoms with Crippen LogP contribution in [0.15, 0.2) is 40.7 Å². The highest BCUT2D eigenvalue weighted by molar-refractivity contribution is 7.76. The fraction of sp³-hybridized carbons (Fsp3) is 0.586. The van der Waals surface area contributed by atoms with Gasteiger partial charge < -0.3 is 9.05 Å². The highest BCUT2D eigenvalue weighted by atomic mass is 35.7. The summed E-state index contributed by atoms with van der Waals surface area (Å²) in [7, 11) is -1.64. The number of allylic oxidation sites excluding steroid dienone is 4. The molecule has 0 aromatic heterocycles. The second-order valence-corrected chi connectivity index (χ2v) is 15.2. The van der Waals surface area contributed by atoms with Crippen LogP contribution in [-0.2, 0) is 15.4 Å². The lowest BCUT2D eigenvalue weighted by Crippen LogP contribution is -2.22. The predicted molar refractivity (Wildman–Crippen MR) is 145 cm³/mol. The summed E-state index contributed by atoms with van der Waals surface area (Å²) in [5.74, 6) is 1.74. The molecule has 1 atom stereocenters. The maximum absolute atomic E-state index is 6.77. The van der Waals surface area contributed by atoms with Gasteiger partial charge in [-0.15, -0.1) is 0 Å². The van der Waals surface area contributed by atoms with E-state index >= 15 is 0 Å². The van der Waals surface area contributed by atoms with Crippen LogP contribution in [0.25, 0.3) is 6.08 Å². The number of rotatable bonds is 0. The number of hydrogen-bond donors (Lipinski definition) is 0. The molecule has 0 bridgehead atoms. The van der Waals surface area contributed by atoms with E-state index < -0.39 is 7.73 Å². The molecule has 1 aromatic rings. The molecule has 182 valence electrons. The molecular weight excluding hydrogens is 447 g/mol. The SMILES string of the molecule is CC(C)(C)C1=CC(C(C)(C)C)=C2OP(Cl)Oc3c(cc(C(C)(C)C)cc3C(C)(C)C)/C=C\2C1. The van der Waals surface area contributed by atoms with Crippen molar-refractivity contribution < 1.29 is 9.05 Å². The van der Waals surface area contributed by atoms with Gasteiger partial charge in [0.1, 0.15) is 11.5 Å². The van der Waals surface area contributed by atoms with E-state index in [0.29, 0.717) is 0 Å². The first-order valence-corrected chi connectivity index (χ1v) is 14.0. The highest BCUT2D eigenvalue weighted by Crippen LogP contribution is 2.56. The van der Waals surface area contributed by atoms with Gasteiger partial charge in [0, 0.05) is 16.7 Å². The molecule has 0 saturated carbocycles. The van der Waals surface area contributed by atoms with Crippen molar-refractivity contribution in [2.45, 2.75) is 100 Å².